The van der Waals surface area contributed by atoms with Crippen LogP contribution < -0.4 is 5.32 Å². The van der Waals surface area contributed by atoms with Gasteiger partial charge in [0.2, 0.25) is 5.91 Å². The number of hydrogen-bond acceptors (Lipinski definition) is 4. The highest BCUT2D eigenvalue weighted by molar-refractivity contribution is 5.87. The fourth-order valence-electron chi connectivity index (χ4n) is 4.08. The van der Waals surface area contributed by atoms with E-state index < -0.39 is 5.97 Å². The number of benzene rings is 1. The third-order valence-corrected chi connectivity index (χ3v) is 5.75. The molecule has 1 aliphatic heterocycles. The molecule has 2 N–H and O–H groups in total. The van der Waals surface area contributed by atoms with Crippen LogP contribution in [0.2, 0.25) is 0 Å². The second kappa shape index (κ2) is 9.85. The third-order valence-electron chi connectivity index (χ3n) is 5.75. The Morgan fingerprint density at radius 3 is 2.52 bits per heavy atom. The molecule has 1 aliphatic carbocycles. The average molecular weight is 373 g/mol. The van der Waals surface area contributed by atoms with E-state index in [2.05, 4.69) is 15.1 Å². The van der Waals surface area contributed by atoms with Gasteiger partial charge in [-0.05, 0) is 30.5 Å². The SMILES string of the molecule is O=C(O)c1cccc(CNCCN2CCN(C(=O)C3CCCCC3)CC2)c1. The zero-order valence-electron chi connectivity index (χ0n) is 16.0. The first-order valence-electron chi connectivity index (χ1n) is 10.2. The minimum Gasteiger partial charge on any atom is -0.478 e. The van der Waals surface area contributed by atoms with Crippen LogP contribution in [0.1, 0.15) is 48.0 Å². The van der Waals surface area contributed by atoms with Gasteiger partial charge in [-0.1, -0.05) is 31.4 Å². The number of rotatable bonds is 7. The van der Waals surface area contributed by atoms with Gasteiger partial charge in [-0.2, -0.15) is 0 Å². The maximum atomic E-state index is 12.6. The van der Waals surface area contributed by atoms with E-state index in [0.29, 0.717) is 18.0 Å². The summed E-state index contributed by atoms with van der Waals surface area (Å²) in [6.07, 6.45) is 5.85. The van der Waals surface area contributed by atoms with Gasteiger partial charge in [0.25, 0.3) is 0 Å². The monoisotopic (exact) mass is 373 g/mol. The van der Waals surface area contributed by atoms with Crippen LogP contribution in [-0.4, -0.2) is 66.1 Å². The number of amides is 1. The summed E-state index contributed by atoms with van der Waals surface area (Å²) in [4.78, 5) is 28.1. The number of carbonyl (C=O) groups excluding carboxylic acids is 1. The molecule has 6 heteroatoms. The highest BCUT2D eigenvalue weighted by Crippen LogP contribution is 2.25. The first kappa shape index (κ1) is 19.8. The largest absolute Gasteiger partial charge is 0.478 e. The molecule has 1 heterocycles. The van der Waals surface area contributed by atoms with Crippen LogP contribution in [0, 0.1) is 5.92 Å². The predicted molar refractivity (Wildman–Crippen MR) is 105 cm³/mol. The number of nitrogens with one attached hydrogen (secondary N) is 1. The molecular formula is C21H31N3O3. The summed E-state index contributed by atoms with van der Waals surface area (Å²) in [6.45, 7) is 6.04. The Labute approximate surface area is 161 Å². The quantitative estimate of drug-likeness (QED) is 0.717. The number of nitrogens with zero attached hydrogens (tertiary/aromatic N) is 2. The molecule has 6 nitrogen and oxygen atoms in total. The van der Waals surface area contributed by atoms with Crippen LogP contribution in [0.15, 0.2) is 24.3 Å². The molecule has 148 valence electrons. The molecule has 1 saturated carbocycles. The lowest BCUT2D eigenvalue weighted by Crippen LogP contribution is -2.51. The summed E-state index contributed by atoms with van der Waals surface area (Å²) in [6, 6.07) is 7.04. The molecule has 1 amide bonds. The van der Waals surface area contributed by atoms with E-state index in [9.17, 15) is 9.59 Å². The molecule has 0 bridgehead atoms. The van der Waals surface area contributed by atoms with E-state index >= 15 is 0 Å². The van der Waals surface area contributed by atoms with Crippen molar-refractivity contribution in [1.82, 2.24) is 15.1 Å². The maximum absolute atomic E-state index is 12.6. The molecule has 3 rings (SSSR count). The van der Waals surface area contributed by atoms with Gasteiger partial charge >= 0.3 is 5.97 Å². The van der Waals surface area contributed by atoms with Crippen LogP contribution in [0.4, 0.5) is 0 Å². The van der Waals surface area contributed by atoms with Crippen molar-refractivity contribution in [2.75, 3.05) is 39.3 Å². The lowest BCUT2D eigenvalue weighted by atomic mass is 9.88. The van der Waals surface area contributed by atoms with Crippen molar-refractivity contribution in [2.24, 2.45) is 5.92 Å². The van der Waals surface area contributed by atoms with Crippen molar-refractivity contribution in [1.29, 1.82) is 0 Å². The van der Waals surface area contributed by atoms with E-state index in [0.717, 1.165) is 57.7 Å². The second-order valence-electron chi connectivity index (χ2n) is 7.68. The second-order valence-corrected chi connectivity index (χ2v) is 7.68. The van der Waals surface area contributed by atoms with Gasteiger partial charge in [0.1, 0.15) is 0 Å². The fourth-order valence-corrected chi connectivity index (χ4v) is 4.08. The first-order valence-corrected chi connectivity index (χ1v) is 10.2. The fraction of sp³-hybridized carbons (Fsp3) is 0.619. The number of aromatic carboxylic acids is 1. The summed E-state index contributed by atoms with van der Waals surface area (Å²) >= 11 is 0. The van der Waals surface area contributed by atoms with E-state index in [4.69, 9.17) is 5.11 Å². The van der Waals surface area contributed by atoms with Crippen molar-refractivity contribution in [3.8, 4) is 0 Å². The van der Waals surface area contributed by atoms with Gasteiger partial charge in [0, 0.05) is 51.7 Å². The van der Waals surface area contributed by atoms with Crippen molar-refractivity contribution in [3.05, 3.63) is 35.4 Å². The first-order chi connectivity index (χ1) is 13.1. The highest BCUT2D eigenvalue weighted by Gasteiger charge is 2.28. The molecule has 0 spiro atoms. The van der Waals surface area contributed by atoms with Gasteiger partial charge in [-0.25, -0.2) is 4.79 Å². The molecule has 2 aliphatic rings. The Morgan fingerprint density at radius 1 is 1.07 bits per heavy atom. The molecular weight excluding hydrogens is 342 g/mol. The topological polar surface area (TPSA) is 72.9 Å². The number of carboxylic acid groups (broad SMARTS) is 1. The molecule has 0 atom stereocenters. The van der Waals surface area contributed by atoms with Gasteiger partial charge in [-0.15, -0.1) is 0 Å². The lowest BCUT2D eigenvalue weighted by molar-refractivity contribution is -0.138. The zero-order valence-corrected chi connectivity index (χ0v) is 16.0. The van der Waals surface area contributed by atoms with E-state index in [1.165, 1.54) is 19.3 Å². The molecule has 2 fully saturated rings. The normalized spacial score (nSPS) is 19.2. The Hall–Kier alpha value is -1.92. The Balaban J connectivity index is 1.33. The zero-order chi connectivity index (χ0) is 19.1. The number of carboxylic acids is 1. The molecule has 1 saturated heterocycles. The van der Waals surface area contributed by atoms with E-state index in [1.54, 1.807) is 18.2 Å². The van der Waals surface area contributed by atoms with Crippen LogP contribution in [0.5, 0.6) is 0 Å². The molecule has 27 heavy (non-hydrogen) atoms. The highest BCUT2D eigenvalue weighted by atomic mass is 16.4. The van der Waals surface area contributed by atoms with E-state index in [1.807, 2.05) is 6.07 Å². The molecule has 1 aromatic rings. The third kappa shape index (κ3) is 5.78. The number of piperazine rings is 1. The standard InChI is InChI=1S/C21H31N3O3/c25-20(18-6-2-1-3-7-18)24-13-11-23(12-14-24)10-9-22-16-17-5-4-8-19(15-17)21(26)27/h4-5,8,15,18,22H,1-3,6-7,9-14,16H2,(H,26,27). The lowest BCUT2D eigenvalue weighted by Gasteiger charge is -2.37. The van der Waals surface area contributed by atoms with Crippen molar-refractivity contribution in [3.63, 3.8) is 0 Å². The Kier molecular flexibility index (Phi) is 7.24. The average Bonchev–Trinajstić information content (AvgIpc) is 2.72. The Morgan fingerprint density at radius 2 is 1.81 bits per heavy atom. The summed E-state index contributed by atoms with van der Waals surface area (Å²) in [5.74, 6) is -0.239. The van der Waals surface area contributed by atoms with Crippen LogP contribution in [-0.2, 0) is 11.3 Å². The Bertz CT molecular complexity index is 635. The van der Waals surface area contributed by atoms with Crippen LogP contribution in [0.3, 0.4) is 0 Å². The van der Waals surface area contributed by atoms with Crippen LogP contribution >= 0.6 is 0 Å². The summed E-state index contributed by atoms with van der Waals surface area (Å²) in [7, 11) is 0. The molecule has 0 radical (unpaired) electrons. The summed E-state index contributed by atoms with van der Waals surface area (Å²) in [5, 5.41) is 12.4. The minimum atomic E-state index is -0.891. The number of carbonyl (C=O) groups is 2. The molecule has 0 aromatic heterocycles. The summed E-state index contributed by atoms with van der Waals surface area (Å²) in [5.41, 5.74) is 1.31. The number of hydrogen-bond donors (Lipinski definition) is 2. The molecule has 0 unspecified atom stereocenters. The smallest absolute Gasteiger partial charge is 0.335 e. The maximum Gasteiger partial charge on any atom is 0.335 e. The van der Waals surface area contributed by atoms with Crippen LogP contribution in [0.25, 0.3) is 0 Å². The molecule has 1 aromatic carbocycles. The van der Waals surface area contributed by atoms with Crippen molar-refractivity contribution >= 4 is 11.9 Å². The van der Waals surface area contributed by atoms with Gasteiger partial charge in [-0.3, -0.25) is 9.69 Å². The summed E-state index contributed by atoms with van der Waals surface area (Å²) < 4.78 is 0. The van der Waals surface area contributed by atoms with Crippen molar-refractivity contribution in [2.45, 2.75) is 38.6 Å². The van der Waals surface area contributed by atoms with Crippen molar-refractivity contribution < 1.29 is 14.7 Å². The van der Waals surface area contributed by atoms with Gasteiger partial charge in [0.15, 0.2) is 0 Å². The van der Waals surface area contributed by atoms with E-state index in [-0.39, 0.29) is 5.92 Å². The predicted octanol–water partition coefficient (Wildman–Crippen LogP) is 2.20. The van der Waals surface area contributed by atoms with Gasteiger partial charge < -0.3 is 15.3 Å². The van der Waals surface area contributed by atoms with Gasteiger partial charge in [0.05, 0.1) is 5.56 Å². The minimum absolute atomic E-state index is 0.272.